The third kappa shape index (κ3) is 4.39. The molecule has 0 saturated heterocycles. The van der Waals surface area contributed by atoms with Crippen molar-refractivity contribution in [2.45, 2.75) is 19.6 Å². The Kier molecular flexibility index (Phi) is 5.52. The van der Waals surface area contributed by atoms with E-state index < -0.39 is 17.6 Å². The quantitative estimate of drug-likeness (QED) is 0.505. The Morgan fingerprint density at radius 2 is 1.88 bits per heavy atom. The number of amides is 1. The molecule has 0 saturated carbocycles. The summed E-state index contributed by atoms with van der Waals surface area (Å²) in [5.74, 6) is 0.164. The number of hydrogen-bond donors (Lipinski definition) is 1. The van der Waals surface area contributed by atoms with Crippen molar-refractivity contribution < 1.29 is 22.7 Å². The maximum absolute atomic E-state index is 12.7. The van der Waals surface area contributed by atoms with Crippen LogP contribution in [0.2, 0.25) is 0 Å². The summed E-state index contributed by atoms with van der Waals surface area (Å²) in [7, 11) is 1.58. The van der Waals surface area contributed by atoms with E-state index in [1.807, 2.05) is 31.2 Å². The lowest BCUT2D eigenvalue weighted by atomic mass is 10.1. The van der Waals surface area contributed by atoms with E-state index in [0.717, 1.165) is 46.5 Å². The number of aromatic nitrogens is 4. The first-order chi connectivity index (χ1) is 15.2. The predicted octanol–water partition coefficient (Wildman–Crippen LogP) is 4.08. The number of halogens is 3. The molecule has 0 spiro atoms. The molecule has 0 bridgehead atoms. The van der Waals surface area contributed by atoms with Crippen molar-refractivity contribution in [1.29, 1.82) is 0 Å². The van der Waals surface area contributed by atoms with E-state index in [2.05, 4.69) is 20.6 Å². The van der Waals surface area contributed by atoms with Gasteiger partial charge in [0.15, 0.2) is 0 Å². The fourth-order valence-corrected chi connectivity index (χ4v) is 3.21. The molecule has 32 heavy (non-hydrogen) atoms. The first-order valence-electron chi connectivity index (χ1n) is 9.57. The molecular weight excluding hydrogens is 423 g/mol. The van der Waals surface area contributed by atoms with Gasteiger partial charge in [0.1, 0.15) is 11.4 Å². The molecule has 4 aromatic rings. The van der Waals surface area contributed by atoms with Gasteiger partial charge in [-0.25, -0.2) is 4.68 Å². The van der Waals surface area contributed by atoms with Gasteiger partial charge in [-0.3, -0.25) is 9.78 Å². The molecule has 0 aliphatic rings. The van der Waals surface area contributed by atoms with Gasteiger partial charge in [0, 0.05) is 16.6 Å². The number of rotatable bonds is 5. The number of ether oxygens (including phenoxy) is 1. The Labute approximate surface area is 180 Å². The van der Waals surface area contributed by atoms with E-state index in [0.29, 0.717) is 11.4 Å². The summed E-state index contributed by atoms with van der Waals surface area (Å²) < 4.78 is 44.9. The van der Waals surface area contributed by atoms with Crippen molar-refractivity contribution in [3.8, 4) is 11.4 Å². The summed E-state index contributed by atoms with van der Waals surface area (Å²) in [6.07, 6.45) is -2.78. The standard InChI is InChI=1S/C22H18F3N5O2/c1-13-9-20(18-10-17(32-2)7-8-19(18)27-13)30-12-16(28-29-30)11-26-21(31)14-3-5-15(6-4-14)22(23,24)25/h3-10,12H,11H2,1-2H3,(H,26,31). The van der Waals surface area contributed by atoms with Crippen molar-refractivity contribution in [1.82, 2.24) is 25.3 Å². The number of methoxy groups -OCH3 is 1. The monoisotopic (exact) mass is 441 g/mol. The highest BCUT2D eigenvalue weighted by Gasteiger charge is 2.30. The second-order valence-electron chi connectivity index (χ2n) is 7.08. The molecular formula is C22H18F3N5O2. The van der Waals surface area contributed by atoms with E-state index in [4.69, 9.17) is 4.74 Å². The summed E-state index contributed by atoms with van der Waals surface area (Å²) in [5, 5.41) is 11.7. The average molecular weight is 441 g/mol. The number of alkyl halides is 3. The van der Waals surface area contributed by atoms with Gasteiger partial charge in [0.05, 0.1) is 36.6 Å². The van der Waals surface area contributed by atoms with E-state index in [9.17, 15) is 18.0 Å². The highest BCUT2D eigenvalue weighted by atomic mass is 19.4. The number of carbonyl (C=O) groups is 1. The summed E-state index contributed by atoms with van der Waals surface area (Å²) in [4.78, 5) is 16.8. The maximum atomic E-state index is 12.7. The molecule has 4 rings (SSSR count). The number of benzene rings is 2. The third-order valence-electron chi connectivity index (χ3n) is 4.81. The molecule has 7 nitrogen and oxygen atoms in total. The first-order valence-corrected chi connectivity index (χ1v) is 9.57. The summed E-state index contributed by atoms with van der Waals surface area (Å²) in [6, 6.07) is 11.4. The normalized spacial score (nSPS) is 11.5. The topological polar surface area (TPSA) is 81.9 Å². The maximum Gasteiger partial charge on any atom is 0.416 e. The average Bonchev–Trinajstić information content (AvgIpc) is 3.25. The lowest BCUT2D eigenvalue weighted by molar-refractivity contribution is -0.137. The number of nitrogens with one attached hydrogen (secondary N) is 1. The lowest BCUT2D eigenvalue weighted by Gasteiger charge is -2.09. The zero-order chi connectivity index (χ0) is 22.9. The summed E-state index contributed by atoms with van der Waals surface area (Å²) in [6.45, 7) is 1.93. The van der Waals surface area contributed by atoms with Crippen molar-refractivity contribution in [2.75, 3.05) is 7.11 Å². The Morgan fingerprint density at radius 1 is 1.12 bits per heavy atom. The molecule has 2 aromatic carbocycles. The van der Waals surface area contributed by atoms with Crippen LogP contribution < -0.4 is 10.1 Å². The van der Waals surface area contributed by atoms with Crippen molar-refractivity contribution in [3.63, 3.8) is 0 Å². The van der Waals surface area contributed by atoms with Crippen molar-refractivity contribution in [3.05, 3.63) is 77.2 Å². The molecule has 1 amide bonds. The highest BCUT2D eigenvalue weighted by Crippen LogP contribution is 2.29. The van der Waals surface area contributed by atoms with E-state index >= 15 is 0 Å². The summed E-state index contributed by atoms with van der Waals surface area (Å²) >= 11 is 0. The fraction of sp³-hybridized carbons (Fsp3) is 0.182. The number of pyridine rings is 1. The zero-order valence-electron chi connectivity index (χ0n) is 17.1. The third-order valence-corrected chi connectivity index (χ3v) is 4.81. The molecule has 0 aliphatic carbocycles. The number of hydrogen-bond acceptors (Lipinski definition) is 5. The van der Waals surface area contributed by atoms with E-state index in [1.54, 1.807) is 18.0 Å². The first kappa shape index (κ1) is 21.3. The van der Waals surface area contributed by atoms with Crippen LogP contribution in [0.3, 0.4) is 0 Å². The van der Waals surface area contributed by atoms with Gasteiger partial charge in [-0.15, -0.1) is 5.10 Å². The molecule has 2 heterocycles. The zero-order valence-corrected chi connectivity index (χ0v) is 17.1. The van der Waals surface area contributed by atoms with Crippen LogP contribution in [0.4, 0.5) is 13.2 Å². The number of nitrogens with zero attached hydrogens (tertiary/aromatic N) is 4. The minimum atomic E-state index is -4.45. The number of fused-ring (bicyclic) bond motifs is 1. The summed E-state index contributed by atoms with van der Waals surface area (Å²) in [5.41, 5.74) is 2.11. The van der Waals surface area contributed by atoms with Gasteiger partial charge in [-0.2, -0.15) is 13.2 Å². The molecule has 1 N–H and O–H groups in total. The van der Waals surface area contributed by atoms with Crippen LogP contribution in [-0.2, 0) is 12.7 Å². The SMILES string of the molecule is COc1ccc2nc(C)cc(-n3cc(CNC(=O)c4ccc(C(F)(F)F)cc4)nn3)c2c1. The van der Waals surface area contributed by atoms with Crippen LogP contribution in [0, 0.1) is 6.92 Å². The minimum absolute atomic E-state index is 0.0607. The van der Waals surface area contributed by atoms with Crippen LogP contribution in [0.1, 0.15) is 27.3 Å². The van der Waals surface area contributed by atoms with Gasteiger partial charge in [0.2, 0.25) is 0 Å². The Morgan fingerprint density at radius 3 is 2.56 bits per heavy atom. The van der Waals surface area contributed by atoms with E-state index in [1.165, 1.54) is 0 Å². The molecule has 2 aromatic heterocycles. The van der Waals surface area contributed by atoms with Crippen molar-refractivity contribution >= 4 is 16.8 Å². The number of carbonyl (C=O) groups excluding carboxylic acids is 1. The van der Waals surface area contributed by atoms with Gasteiger partial charge in [0.25, 0.3) is 5.91 Å². The molecule has 0 radical (unpaired) electrons. The Bertz CT molecular complexity index is 1280. The fourth-order valence-electron chi connectivity index (χ4n) is 3.21. The molecule has 0 unspecified atom stereocenters. The van der Waals surface area contributed by atoms with Crippen LogP contribution in [-0.4, -0.2) is 33.0 Å². The van der Waals surface area contributed by atoms with Gasteiger partial charge >= 0.3 is 6.18 Å². The molecule has 0 atom stereocenters. The van der Waals surface area contributed by atoms with Crippen LogP contribution >= 0.6 is 0 Å². The Balaban J connectivity index is 1.52. The van der Waals surface area contributed by atoms with Gasteiger partial charge < -0.3 is 10.1 Å². The number of aryl methyl sites for hydroxylation is 1. The largest absolute Gasteiger partial charge is 0.497 e. The van der Waals surface area contributed by atoms with Crippen LogP contribution in [0.5, 0.6) is 5.75 Å². The molecule has 10 heteroatoms. The smallest absolute Gasteiger partial charge is 0.416 e. The molecule has 0 aliphatic heterocycles. The second-order valence-corrected chi connectivity index (χ2v) is 7.08. The lowest BCUT2D eigenvalue weighted by Crippen LogP contribution is -2.23. The molecule has 164 valence electrons. The van der Waals surface area contributed by atoms with Crippen molar-refractivity contribution in [2.24, 2.45) is 0 Å². The van der Waals surface area contributed by atoms with Gasteiger partial charge in [-0.05, 0) is 55.5 Å². The second kappa shape index (κ2) is 8.29. The molecule has 0 fully saturated rings. The van der Waals surface area contributed by atoms with Crippen LogP contribution in [0.25, 0.3) is 16.6 Å². The minimum Gasteiger partial charge on any atom is -0.497 e. The van der Waals surface area contributed by atoms with Gasteiger partial charge in [-0.1, -0.05) is 5.21 Å². The van der Waals surface area contributed by atoms with Crippen LogP contribution in [0.15, 0.2) is 54.7 Å². The van der Waals surface area contributed by atoms with E-state index in [-0.39, 0.29) is 12.1 Å². The Hall–Kier alpha value is -3.95. The highest BCUT2D eigenvalue weighted by molar-refractivity contribution is 5.94. The predicted molar refractivity (Wildman–Crippen MR) is 111 cm³/mol.